The first-order valence-corrected chi connectivity index (χ1v) is 8.05. The molecule has 0 atom stereocenters. The van der Waals surface area contributed by atoms with Crippen LogP contribution >= 0.6 is 11.6 Å². The van der Waals surface area contributed by atoms with Crippen molar-refractivity contribution in [3.05, 3.63) is 59.1 Å². The molecular weight excluding hydrogens is 345 g/mol. The Labute approximate surface area is 150 Å². The van der Waals surface area contributed by atoms with Crippen molar-refractivity contribution in [3.63, 3.8) is 0 Å². The van der Waals surface area contributed by atoms with E-state index in [1.807, 2.05) is 6.07 Å². The maximum Gasteiger partial charge on any atom is 0.243 e. The van der Waals surface area contributed by atoms with E-state index >= 15 is 0 Å². The van der Waals surface area contributed by atoms with Gasteiger partial charge in [-0.1, -0.05) is 23.7 Å². The third-order valence-corrected chi connectivity index (χ3v) is 3.47. The molecule has 2 aromatic rings. The lowest BCUT2D eigenvalue weighted by atomic mass is 10.2. The van der Waals surface area contributed by atoms with E-state index in [9.17, 15) is 9.18 Å². The van der Waals surface area contributed by atoms with Crippen LogP contribution in [0.15, 0.2) is 47.6 Å². The van der Waals surface area contributed by atoms with Gasteiger partial charge in [0.15, 0.2) is 5.96 Å². The molecule has 0 saturated heterocycles. The summed E-state index contributed by atoms with van der Waals surface area (Å²) in [6.45, 7) is 0.632. The van der Waals surface area contributed by atoms with Crippen molar-refractivity contribution in [2.75, 3.05) is 25.5 Å². The summed E-state index contributed by atoms with van der Waals surface area (Å²) in [7, 11) is 1.61. The first-order chi connectivity index (χ1) is 12.1. The minimum atomic E-state index is -0.403. The molecule has 132 valence electrons. The molecule has 0 unspecified atom stereocenters. The van der Waals surface area contributed by atoms with Gasteiger partial charge < -0.3 is 16.0 Å². The van der Waals surface area contributed by atoms with Crippen molar-refractivity contribution in [3.8, 4) is 0 Å². The van der Waals surface area contributed by atoms with E-state index in [1.54, 1.807) is 25.4 Å². The Bertz CT molecular complexity index is 736. The van der Waals surface area contributed by atoms with Crippen LogP contribution < -0.4 is 16.0 Å². The molecule has 3 N–H and O–H groups in total. The van der Waals surface area contributed by atoms with E-state index in [-0.39, 0.29) is 12.5 Å². The minimum absolute atomic E-state index is 0.0126. The zero-order valence-electron chi connectivity index (χ0n) is 13.7. The van der Waals surface area contributed by atoms with Crippen LogP contribution in [0.1, 0.15) is 5.56 Å². The Balaban J connectivity index is 1.72. The summed E-state index contributed by atoms with van der Waals surface area (Å²) < 4.78 is 13.1. The van der Waals surface area contributed by atoms with Crippen molar-refractivity contribution in [1.82, 2.24) is 15.6 Å². The summed E-state index contributed by atoms with van der Waals surface area (Å²) in [5, 5.41) is 9.06. The van der Waals surface area contributed by atoms with Gasteiger partial charge in [0.1, 0.15) is 11.0 Å². The minimum Gasteiger partial charge on any atom is -0.356 e. The third-order valence-electron chi connectivity index (χ3n) is 3.24. The van der Waals surface area contributed by atoms with E-state index in [2.05, 4.69) is 25.9 Å². The Morgan fingerprint density at radius 1 is 1.28 bits per heavy atom. The van der Waals surface area contributed by atoms with Gasteiger partial charge in [0.05, 0.1) is 6.54 Å². The first kappa shape index (κ1) is 18.7. The number of benzene rings is 1. The van der Waals surface area contributed by atoms with Crippen LogP contribution in [0.5, 0.6) is 0 Å². The number of aliphatic imine (C=N–C) groups is 1. The van der Waals surface area contributed by atoms with Crippen LogP contribution in [-0.4, -0.2) is 37.0 Å². The van der Waals surface area contributed by atoms with Crippen molar-refractivity contribution >= 4 is 29.2 Å². The fraction of sp³-hybridized carbons (Fsp3) is 0.235. The normalized spacial score (nSPS) is 11.1. The number of nitrogens with zero attached hydrogens (tertiary/aromatic N) is 2. The molecule has 0 aliphatic heterocycles. The predicted molar refractivity (Wildman–Crippen MR) is 97.3 cm³/mol. The molecule has 0 aliphatic rings. The summed E-state index contributed by atoms with van der Waals surface area (Å²) >= 11 is 5.74. The highest BCUT2D eigenvalue weighted by Gasteiger charge is 2.05. The van der Waals surface area contributed by atoms with E-state index in [4.69, 9.17) is 11.6 Å². The molecule has 1 aromatic carbocycles. The lowest BCUT2D eigenvalue weighted by Gasteiger charge is -2.12. The van der Waals surface area contributed by atoms with Crippen LogP contribution in [0.25, 0.3) is 0 Å². The fourth-order valence-electron chi connectivity index (χ4n) is 2.04. The van der Waals surface area contributed by atoms with Gasteiger partial charge in [-0.15, -0.1) is 0 Å². The molecule has 0 spiro atoms. The number of hydrogen-bond donors (Lipinski definition) is 3. The zero-order valence-corrected chi connectivity index (χ0v) is 14.5. The van der Waals surface area contributed by atoms with E-state index in [0.29, 0.717) is 23.3 Å². The summed E-state index contributed by atoms with van der Waals surface area (Å²) in [6.07, 6.45) is 2.45. The number of amides is 1. The van der Waals surface area contributed by atoms with Crippen LogP contribution in [-0.2, 0) is 11.2 Å². The molecule has 0 radical (unpaired) electrons. The van der Waals surface area contributed by atoms with Gasteiger partial charge >= 0.3 is 0 Å². The topological polar surface area (TPSA) is 78.4 Å². The molecular formula is C17H19ClFN5O. The number of nitrogens with one attached hydrogen (secondary N) is 3. The van der Waals surface area contributed by atoms with Gasteiger partial charge in [0.2, 0.25) is 5.91 Å². The molecule has 1 aromatic heterocycles. The molecule has 0 fully saturated rings. The Morgan fingerprint density at radius 2 is 2.12 bits per heavy atom. The van der Waals surface area contributed by atoms with Crippen LogP contribution in [0.4, 0.5) is 10.1 Å². The highest BCUT2D eigenvalue weighted by Crippen LogP contribution is 2.08. The summed E-state index contributed by atoms with van der Waals surface area (Å²) in [5.41, 5.74) is 1.45. The molecule has 25 heavy (non-hydrogen) atoms. The molecule has 1 amide bonds. The number of anilines is 1. The van der Waals surface area contributed by atoms with Gasteiger partial charge in [-0.2, -0.15) is 0 Å². The molecule has 6 nitrogen and oxygen atoms in total. The van der Waals surface area contributed by atoms with Crippen LogP contribution in [0.2, 0.25) is 5.15 Å². The number of aromatic nitrogens is 1. The summed E-state index contributed by atoms with van der Waals surface area (Å²) in [4.78, 5) is 19.9. The molecule has 2 rings (SSSR count). The number of carbonyl (C=O) groups excluding carboxylic acids is 1. The summed E-state index contributed by atoms with van der Waals surface area (Å²) in [6, 6.07) is 9.36. The lowest BCUT2D eigenvalue weighted by Crippen LogP contribution is -2.42. The van der Waals surface area contributed by atoms with Crippen molar-refractivity contribution in [1.29, 1.82) is 0 Å². The van der Waals surface area contributed by atoms with Crippen LogP contribution in [0.3, 0.4) is 0 Å². The molecule has 0 aliphatic carbocycles. The van der Waals surface area contributed by atoms with E-state index in [0.717, 1.165) is 12.0 Å². The second-order valence-corrected chi connectivity index (χ2v) is 5.54. The summed E-state index contributed by atoms with van der Waals surface area (Å²) in [5.74, 6) is -0.202. The SMILES string of the molecule is CN=C(NCCc1ccc(Cl)nc1)NCC(=O)Nc1cccc(F)c1. The van der Waals surface area contributed by atoms with Gasteiger partial charge in [0, 0.05) is 25.5 Å². The number of carbonyl (C=O) groups is 1. The van der Waals surface area contributed by atoms with Crippen molar-refractivity contribution < 1.29 is 9.18 Å². The van der Waals surface area contributed by atoms with E-state index in [1.165, 1.54) is 18.2 Å². The molecule has 0 saturated carbocycles. The maximum atomic E-state index is 13.1. The van der Waals surface area contributed by atoms with E-state index < -0.39 is 5.82 Å². The van der Waals surface area contributed by atoms with Gasteiger partial charge in [0.25, 0.3) is 0 Å². The van der Waals surface area contributed by atoms with Gasteiger partial charge in [-0.05, 0) is 36.2 Å². The van der Waals surface area contributed by atoms with Crippen molar-refractivity contribution in [2.24, 2.45) is 4.99 Å². The Morgan fingerprint density at radius 3 is 2.80 bits per heavy atom. The number of pyridine rings is 1. The average molecular weight is 364 g/mol. The quantitative estimate of drug-likeness (QED) is 0.418. The Hall–Kier alpha value is -2.67. The first-order valence-electron chi connectivity index (χ1n) is 7.67. The second-order valence-electron chi connectivity index (χ2n) is 5.15. The zero-order chi connectivity index (χ0) is 18.1. The van der Waals surface area contributed by atoms with Crippen molar-refractivity contribution in [2.45, 2.75) is 6.42 Å². The molecule has 1 heterocycles. The predicted octanol–water partition coefficient (Wildman–Crippen LogP) is 2.22. The highest BCUT2D eigenvalue weighted by molar-refractivity contribution is 6.29. The number of hydrogen-bond acceptors (Lipinski definition) is 3. The molecule has 8 heteroatoms. The number of guanidine groups is 1. The lowest BCUT2D eigenvalue weighted by molar-refractivity contribution is -0.115. The highest BCUT2D eigenvalue weighted by atomic mass is 35.5. The monoisotopic (exact) mass is 363 g/mol. The average Bonchev–Trinajstić information content (AvgIpc) is 2.59. The van der Waals surface area contributed by atoms with Gasteiger partial charge in [-0.3, -0.25) is 9.79 Å². The standard InChI is InChI=1S/C17H19ClFN5O/c1-20-17(21-8-7-12-5-6-15(18)22-10-12)23-11-16(25)24-14-4-2-3-13(19)9-14/h2-6,9-10H,7-8,11H2,1H3,(H,24,25)(H2,20,21,23). The van der Waals surface area contributed by atoms with Crippen LogP contribution in [0, 0.1) is 5.82 Å². The Kier molecular flexibility index (Phi) is 7.16. The maximum absolute atomic E-state index is 13.1. The second kappa shape index (κ2) is 9.58. The number of halogens is 2. The third kappa shape index (κ3) is 6.76. The smallest absolute Gasteiger partial charge is 0.243 e. The number of rotatable bonds is 6. The fourth-order valence-corrected chi connectivity index (χ4v) is 2.15. The van der Waals surface area contributed by atoms with Gasteiger partial charge in [-0.25, -0.2) is 9.37 Å². The largest absolute Gasteiger partial charge is 0.356 e. The molecule has 0 bridgehead atoms.